The van der Waals surface area contributed by atoms with Crippen molar-refractivity contribution in [3.8, 4) is 11.5 Å². The summed E-state index contributed by atoms with van der Waals surface area (Å²) in [7, 11) is 0. The van der Waals surface area contributed by atoms with Gasteiger partial charge in [0.15, 0.2) is 18.1 Å². The van der Waals surface area contributed by atoms with Crippen LogP contribution >= 0.6 is 24.0 Å². The molecular weight excluding hydrogens is 432 g/mol. The molecule has 1 heterocycles. The third-order valence-electron chi connectivity index (χ3n) is 4.45. The number of hydrogen-bond acceptors (Lipinski definition) is 6. The molecule has 1 aliphatic heterocycles. The second kappa shape index (κ2) is 11.0. The lowest BCUT2D eigenvalue weighted by Gasteiger charge is -2.13. The predicted molar refractivity (Wildman–Crippen MR) is 127 cm³/mol. The number of hydrogen-bond donors (Lipinski definition) is 1. The third kappa shape index (κ3) is 6.08. The first-order chi connectivity index (χ1) is 15.0. The molecule has 0 saturated carbocycles. The quantitative estimate of drug-likeness (QED) is 0.454. The summed E-state index contributed by atoms with van der Waals surface area (Å²) in [6, 6.07) is 15.0. The van der Waals surface area contributed by atoms with E-state index in [-0.39, 0.29) is 18.4 Å². The lowest BCUT2D eigenvalue weighted by Crippen LogP contribution is -2.28. The number of ether oxygens (including phenoxy) is 2. The van der Waals surface area contributed by atoms with Gasteiger partial charge in [-0.25, -0.2) is 0 Å². The van der Waals surface area contributed by atoms with E-state index in [1.54, 1.807) is 23.1 Å². The number of rotatable bonds is 9. The molecule has 0 bridgehead atoms. The van der Waals surface area contributed by atoms with Crippen molar-refractivity contribution in [3.63, 3.8) is 0 Å². The maximum atomic E-state index is 12.4. The summed E-state index contributed by atoms with van der Waals surface area (Å²) < 4.78 is 11.9. The first-order valence-corrected chi connectivity index (χ1v) is 11.2. The zero-order valence-corrected chi connectivity index (χ0v) is 19.1. The molecule has 2 amide bonds. The molecule has 0 radical (unpaired) electrons. The van der Waals surface area contributed by atoms with Crippen LogP contribution in [0.1, 0.15) is 25.0 Å². The predicted octanol–water partition coefficient (Wildman–Crippen LogP) is 4.00. The zero-order chi connectivity index (χ0) is 22.2. The first kappa shape index (κ1) is 22.8. The number of carbonyl (C=O) groups is 2. The average Bonchev–Trinajstić information content (AvgIpc) is 3.04. The van der Waals surface area contributed by atoms with E-state index in [1.807, 2.05) is 50.2 Å². The molecule has 162 valence electrons. The lowest BCUT2D eigenvalue weighted by atomic mass is 10.2. The van der Waals surface area contributed by atoms with Crippen molar-refractivity contribution in [1.82, 2.24) is 10.2 Å². The van der Waals surface area contributed by atoms with Crippen molar-refractivity contribution in [2.24, 2.45) is 0 Å². The molecule has 3 rings (SSSR count). The Morgan fingerprint density at radius 1 is 1.13 bits per heavy atom. The number of thioether (sulfide) groups is 1. The molecule has 1 fully saturated rings. The molecular formula is C23H24N2O4S2. The van der Waals surface area contributed by atoms with Crippen LogP contribution in [0.15, 0.2) is 53.4 Å². The zero-order valence-electron chi connectivity index (χ0n) is 17.4. The van der Waals surface area contributed by atoms with E-state index in [2.05, 4.69) is 5.32 Å². The van der Waals surface area contributed by atoms with Crippen molar-refractivity contribution in [2.45, 2.75) is 20.4 Å². The van der Waals surface area contributed by atoms with Gasteiger partial charge in [-0.3, -0.25) is 14.5 Å². The summed E-state index contributed by atoms with van der Waals surface area (Å²) >= 11 is 6.54. The highest BCUT2D eigenvalue weighted by Gasteiger charge is 2.30. The molecule has 1 saturated heterocycles. The van der Waals surface area contributed by atoms with Gasteiger partial charge in [-0.1, -0.05) is 60.4 Å². The van der Waals surface area contributed by atoms with E-state index in [4.69, 9.17) is 21.7 Å². The molecule has 0 aliphatic carbocycles. The summed E-state index contributed by atoms with van der Waals surface area (Å²) in [5.74, 6) is 0.664. The molecule has 1 N–H and O–H groups in total. The van der Waals surface area contributed by atoms with Gasteiger partial charge >= 0.3 is 0 Å². The van der Waals surface area contributed by atoms with E-state index in [9.17, 15) is 9.59 Å². The molecule has 2 aromatic carbocycles. The minimum Gasteiger partial charge on any atom is -0.490 e. The van der Waals surface area contributed by atoms with E-state index >= 15 is 0 Å². The van der Waals surface area contributed by atoms with Gasteiger partial charge in [0, 0.05) is 13.1 Å². The molecule has 0 atom stereocenters. The van der Waals surface area contributed by atoms with Crippen LogP contribution in [-0.2, 0) is 16.1 Å². The Kier molecular flexibility index (Phi) is 8.08. The maximum Gasteiger partial charge on any atom is 0.266 e. The van der Waals surface area contributed by atoms with E-state index in [0.29, 0.717) is 40.4 Å². The summed E-state index contributed by atoms with van der Waals surface area (Å²) in [6.45, 7) is 5.07. The average molecular weight is 457 g/mol. The van der Waals surface area contributed by atoms with Crippen LogP contribution in [0.2, 0.25) is 0 Å². The van der Waals surface area contributed by atoms with Crippen LogP contribution in [-0.4, -0.2) is 40.8 Å². The molecule has 2 aromatic rings. The van der Waals surface area contributed by atoms with Gasteiger partial charge in [0.1, 0.15) is 4.32 Å². The Balaban J connectivity index is 1.65. The van der Waals surface area contributed by atoms with Crippen LogP contribution in [0.5, 0.6) is 11.5 Å². The minimum absolute atomic E-state index is 0.0918. The number of nitrogens with one attached hydrogen (secondary N) is 1. The number of nitrogens with zero attached hydrogens (tertiary/aromatic N) is 1. The Labute approximate surface area is 191 Å². The number of benzene rings is 2. The van der Waals surface area contributed by atoms with Gasteiger partial charge in [0.05, 0.1) is 11.5 Å². The van der Waals surface area contributed by atoms with Gasteiger partial charge in [-0.15, -0.1) is 0 Å². The van der Waals surface area contributed by atoms with Gasteiger partial charge in [0.2, 0.25) is 0 Å². The van der Waals surface area contributed by atoms with Crippen LogP contribution in [0.3, 0.4) is 0 Å². The van der Waals surface area contributed by atoms with Gasteiger partial charge in [0.25, 0.3) is 11.8 Å². The fourth-order valence-electron chi connectivity index (χ4n) is 2.92. The standard InChI is InChI=1S/C23H24N2O4S2/c1-3-25-22(27)20(31-23(25)30)13-17-10-11-18(19(12-17)28-4-2)29-15-21(26)24-14-16-8-6-5-7-9-16/h5-13H,3-4,14-15H2,1-2H3,(H,24,26)/b20-13-. The van der Waals surface area contributed by atoms with Crippen LogP contribution in [0.4, 0.5) is 0 Å². The number of likely N-dealkylation sites (N-methyl/N-ethyl adjacent to an activating group) is 1. The highest BCUT2D eigenvalue weighted by atomic mass is 32.2. The van der Waals surface area contributed by atoms with Crippen molar-refractivity contribution >= 4 is 46.2 Å². The van der Waals surface area contributed by atoms with Crippen molar-refractivity contribution in [1.29, 1.82) is 0 Å². The summed E-state index contributed by atoms with van der Waals surface area (Å²) in [4.78, 5) is 26.7. The summed E-state index contributed by atoms with van der Waals surface area (Å²) in [5.41, 5.74) is 1.81. The number of amides is 2. The highest BCUT2D eigenvalue weighted by Crippen LogP contribution is 2.34. The normalized spacial score (nSPS) is 14.8. The molecule has 31 heavy (non-hydrogen) atoms. The van der Waals surface area contributed by atoms with Crippen molar-refractivity contribution in [2.75, 3.05) is 19.8 Å². The van der Waals surface area contributed by atoms with Gasteiger partial charge < -0.3 is 14.8 Å². The Morgan fingerprint density at radius 2 is 1.90 bits per heavy atom. The van der Waals surface area contributed by atoms with Gasteiger partial charge in [-0.05, 0) is 43.2 Å². The number of carbonyl (C=O) groups excluding carboxylic acids is 2. The molecule has 0 unspecified atom stereocenters. The Hall–Kier alpha value is -2.84. The van der Waals surface area contributed by atoms with E-state index < -0.39 is 0 Å². The van der Waals surface area contributed by atoms with Gasteiger partial charge in [-0.2, -0.15) is 0 Å². The smallest absolute Gasteiger partial charge is 0.266 e. The Morgan fingerprint density at radius 3 is 2.58 bits per heavy atom. The van der Waals surface area contributed by atoms with Crippen molar-refractivity contribution < 1.29 is 19.1 Å². The van der Waals surface area contributed by atoms with Crippen molar-refractivity contribution in [3.05, 3.63) is 64.6 Å². The van der Waals surface area contributed by atoms with Crippen LogP contribution < -0.4 is 14.8 Å². The SMILES string of the molecule is CCOc1cc(/C=C2\SC(=S)N(CC)C2=O)ccc1OCC(=O)NCc1ccccc1. The van der Waals surface area contributed by atoms with Crippen LogP contribution in [0.25, 0.3) is 6.08 Å². The van der Waals surface area contributed by atoms with Crippen LogP contribution in [0, 0.1) is 0 Å². The second-order valence-electron chi connectivity index (χ2n) is 6.62. The Bertz CT molecular complexity index is 992. The molecule has 6 nitrogen and oxygen atoms in total. The highest BCUT2D eigenvalue weighted by molar-refractivity contribution is 8.26. The largest absolute Gasteiger partial charge is 0.490 e. The van der Waals surface area contributed by atoms with E-state index in [0.717, 1.165) is 11.1 Å². The molecule has 0 aromatic heterocycles. The third-order valence-corrected chi connectivity index (χ3v) is 5.82. The summed E-state index contributed by atoms with van der Waals surface area (Å²) in [6.07, 6.45) is 1.79. The molecule has 0 spiro atoms. The lowest BCUT2D eigenvalue weighted by molar-refractivity contribution is -0.123. The van der Waals surface area contributed by atoms with E-state index in [1.165, 1.54) is 11.8 Å². The maximum absolute atomic E-state index is 12.4. The number of thiocarbonyl (C=S) groups is 1. The monoisotopic (exact) mass is 456 g/mol. The topological polar surface area (TPSA) is 67.9 Å². The first-order valence-electron chi connectivity index (χ1n) is 9.97. The summed E-state index contributed by atoms with van der Waals surface area (Å²) in [5, 5.41) is 2.83. The second-order valence-corrected chi connectivity index (χ2v) is 8.29. The fraction of sp³-hybridized carbons (Fsp3) is 0.261. The molecule has 8 heteroatoms. The molecule has 1 aliphatic rings. The fourth-order valence-corrected chi connectivity index (χ4v) is 4.30. The minimum atomic E-state index is -0.224.